The van der Waals surface area contributed by atoms with Crippen molar-refractivity contribution in [2.75, 3.05) is 17.7 Å². The molecule has 144 valence electrons. The summed E-state index contributed by atoms with van der Waals surface area (Å²) in [4.78, 5) is 21.5. The lowest BCUT2D eigenvalue weighted by Crippen LogP contribution is -2.24. The van der Waals surface area contributed by atoms with Crippen molar-refractivity contribution in [3.05, 3.63) is 40.3 Å². The van der Waals surface area contributed by atoms with Gasteiger partial charge in [0.05, 0.1) is 12.8 Å². The van der Waals surface area contributed by atoms with Crippen LogP contribution in [0, 0.1) is 13.8 Å². The molecule has 0 aliphatic heterocycles. The van der Waals surface area contributed by atoms with E-state index in [1.807, 2.05) is 6.92 Å². The van der Waals surface area contributed by atoms with Gasteiger partial charge >= 0.3 is 0 Å². The highest BCUT2D eigenvalue weighted by molar-refractivity contribution is 6.31. The average molecular weight is 389 g/mol. The van der Waals surface area contributed by atoms with E-state index in [4.69, 9.17) is 16.3 Å². The summed E-state index contributed by atoms with van der Waals surface area (Å²) in [5, 5.41) is 6.89. The van der Waals surface area contributed by atoms with Crippen LogP contribution >= 0.6 is 11.6 Å². The third kappa shape index (κ3) is 4.89. The minimum Gasteiger partial charge on any atom is -0.495 e. The van der Waals surface area contributed by atoms with Crippen LogP contribution in [0.5, 0.6) is 5.75 Å². The summed E-state index contributed by atoms with van der Waals surface area (Å²) in [5.41, 5.74) is 1.73. The number of anilines is 2. The Labute approximate surface area is 164 Å². The number of carbonyl (C=O) groups is 1. The number of aromatic nitrogens is 2. The number of aryl methyl sites for hydroxylation is 2. The first kappa shape index (κ1) is 19.4. The molecular formula is C20H25ClN4O2. The summed E-state index contributed by atoms with van der Waals surface area (Å²) in [6, 6.07) is 5.58. The van der Waals surface area contributed by atoms with Crippen molar-refractivity contribution in [2.24, 2.45) is 0 Å². The number of methoxy groups -OCH3 is 1. The van der Waals surface area contributed by atoms with Crippen LogP contribution in [-0.2, 0) is 0 Å². The summed E-state index contributed by atoms with van der Waals surface area (Å²) < 4.78 is 5.32. The number of rotatable bonds is 5. The maximum Gasteiger partial charge on any atom is 0.274 e. The number of ether oxygens (including phenoxy) is 1. The van der Waals surface area contributed by atoms with Gasteiger partial charge < -0.3 is 15.4 Å². The number of amides is 1. The summed E-state index contributed by atoms with van der Waals surface area (Å²) >= 11 is 6.13. The second-order valence-corrected chi connectivity index (χ2v) is 7.33. The highest BCUT2D eigenvalue weighted by Crippen LogP contribution is 2.31. The Kier molecular flexibility index (Phi) is 6.16. The quantitative estimate of drug-likeness (QED) is 0.772. The molecule has 1 aromatic carbocycles. The summed E-state index contributed by atoms with van der Waals surface area (Å²) in [5.74, 6) is 1.44. The number of benzene rings is 1. The Morgan fingerprint density at radius 1 is 1.15 bits per heavy atom. The lowest BCUT2D eigenvalue weighted by atomic mass is 9.95. The van der Waals surface area contributed by atoms with Gasteiger partial charge in [-0.2, -0.15) is 0 Å². The average Bonchev–Trinajstić information content (AvgIpc) is 2.64. The van der Waals surface area contributed by atoms with Gasteiger partial charge in [-0.3, -0.25) is 4.79 Å². The monoisotopic (exact) mass is 388 g/mol. The van der Waals surface area contributed by atoms with E-state index in [0.717, 1.165) is 18.4 Å². The third-order valence-corrected chi connectivity index (χ3v) is 5.16. The van der Waals surface area contributed by atoms with Gasteiger partial charge in [-0.1, -0.05) is 30.9 Å². The summed E-state index contributed by atoms with van der Waals surface area (Å²) in [6.07, 6.45) is 6.00. The van der Waals surface area contributed by atoms with Crippen molar-refractivity contribution in [3.8, 4) is 5.75 Å². The lowest BCUT2D eigenvalue weighted by molar-refractivity contribution is 0.102. The largest absolute Gasteiger partial charge is 0.495 e. The molecule has 0 saturated heterocycles. The first-order valence-corrected chi connectivity index (χ1v) is 9.62. The zero-order chi connectivity index (χ0) is 19.4. The molecule has 1 amide bonds. The van der Waals surface area contributed by atoms with Crippen molar-refractivity contribution < 1.29 is 9.53 Å². The lowest BCUT2D eigenvalue weighted by Gasteiger charge is -2.23. The fourth-order valence-electron chi connectivity index (χ4n) is 3.33. The Morgan fingerprint density at radius 3 is 2.59 bits per heavy atom. The van der Waals surface area contributed by atoms with Gasteiger partial charge in [-0.15, -0.1) is 0 Å². The predicted molar refractivity (Wildman–Crippen MR) is 108 cm³/mol. The molecule has 1 aliphatic rings. The number of carbonyl (C=O) groups excluding carboxylic acids is 1. The minimum atomic E-state index is -0.313. The predicted octanol–water partition coefficient (Wildman–Crippen LogP) is 4.75. The van der Waals surface area contributed by atoms with Crippen LogP contribution in [0.1, 0.15) is 54.0 Å². The maximum atomic E-state index is 12.8. The van der Waals surface area contributed by atoms with Gasteiger partial charge in [0.15, 0.2) is 0 Å². The summed E-state index contributed by atoms with van der Waals surface area (Å²) in [6.45, 7) is 3.66. The summed E-state index contributed by atoms with van der Waals surface area (Å²) in [7, 11) is 1.54. The van der Waals surface area contributed by atoms with E-state index in [9.17, 15) is 4.79 Å². The molecule has 0 radical (unpaired) electrons. The first-order chi connectivity index (χ1) is 13.0. The second kappa shape index (κ2) is 8.57. The van der Waals surface area contributed by atoms with E-state index < -0.39 is 0 Å². The topological polar surface area (TPSA) is 76.1 Å². The number of hydrogen-bond donors (Lipinski definition) is 2. The van der Waals surface area contributed by atoms with Crippen LogP contribution in [0.2, 0.25) is 5.02 Å². The van der Waals surface area contributed by atoms with Crippen LogP contribution in [0.15, 0.2) is 18.2 Å². The van der Waals surface area contributed by atoms with Gasteiger partial charge in [0, 0.05) is 23.2 Å². The van der Waals surface area contributed by atoms with Crippen LogP contribution in [0.4, 0.5) is 11.5 Å². The molecular weight excluding hydrogens is 364 g/mol. The molecule has 1 fully saturated rings. The highest BCUT2D eigenvalue weighted by Gasteiger charge is 2.17. The second-order valence-electron chi connectivity index (χ2n) is 6.92. The van der Waals surface area contributed by atoms with Crippen LogP contribution in [-0.4, -0.2) is 29.0 Å². The first-order valence-electron chi connectivity index (χ1n) is 9.24. The molecule has 1 saturated carbocycles. The third-order valence-electron chi connectivity index (χ3n) is 4.76. The van der Waals surface area contributed by atoms with Gasteiger partial charge in [0.2, 0.25) is 0 Å². The molecule has 2 N–H and O–H groups in total. The van der Waals surface area contributed by atoms with E-state index in [0.29, 0.717) is 39.8 Å². The Morgan fingerprint density at radius 2 is 1.89 bits per heavy atom. The van der Waals surface area contributed by atoms with Gasteiger partial charge in [0.1, 0.15) is 23.1 Å². The Balaban J connectivity index is 1.79. The van der Waals surface area contributed by atoms with Gasteiger partial charge in [-0.25, -0.2) is 9.97 Å². The number of hydrogen-bond acceptors (Lipinski definition) is 5. The zero-order valence-corrected chi connectivity index (χ0v) is 16.7. The molecule has 0 spiro atoms. The normalized spacial score (nSPS) is 14.7. The van der Waals surface area contributed by atoms with Crippen molar-refractivity contribution in [3.63, 3.8) is 0 Å². The molecule has 6 nitrogen and oxygen atoms in total. The van der Waals surface area contributed by atoms with Gasteiger partial charge in [-0.05, 0) is 38.3 Å². The minimum absolute atomic E-state index is 0.313. The maximum absolute atomic E-state index is 12.8. The van der Waals surface area contributed by atoms with Crippen molar-refractivity contribution in [1.29, 1.82) is 0 Å². The van der Waals surface area contributed by atoms with Crippen molar-refractivity contribution >= 4 is 29.0 Å². The molecule has 7 heteroatoms. The molecule has 1 heterocycles. The zero-order valence-electron chi connectivity index (χ0n) is 15.9. The number of nitrogens with zero attached hydrogens (tertiary/aromatic N) is 2. The Hall–Kier alpha value is -2.34. The van der Waals surface area contributed by atoms with E-state index in [1.54, 1.807) is 25.1 Å². The van der Waals surface area contributed by atoms with Crippen LogP contribution in [0.25, 0.3) is 0 Å². The standard InChI is InChI=1S/C20H25ClN4O2/c1-12-9-16(18(27-3)10-15(12)21)25-20(26)17-11-19(23-13(2)22-17)24-14-7-5-4-6-8-14/h9-11,14H,4-8H2,1-3H3,(H,25,26)(H,22,23,24). The number of halogens is 1. The molecule has 0 unspecified atom stereocenters. The molecule has 2 aromatic rings. The van der Waals surface area contributed by atoms with Crippen molar-refractivity contribution in [1.82, 2.24) is 9.97 Å². The molecule has 0 atom stereocenters. The fourth-order valence-corrected chi connectivity index (χ4v) is 3.48. The number of nitrogens with one attached hydrogen (secondary N) is 2. The fraction of sp³-hybridized carbons (Fsp3) is 0.450. The molecule has 1 aromatic heterocycles. The smallest absolute Gasteiger partial charge is 0.274 e. The highest BCUT2D eigenvalue weighted by atomic mass is 35.5. The van der Waals surface area contributed by atoms with Gasteiger partial charge in [0.25, 0.3) is 5.91 Å². The van der Waals surface area contributed by atoms with Crippen LogP contribution in [0.3, 0.4) is 0 Å². The van der Waals surface area contributed by atoms with E-state index >= 15 is 0 Å². The van der Waals surface area contributed by atoms with E-state index in [-0.39, 0.29) is 5.91 Å². The molecule has 0 bridgehead atoms. The molecule has 3 rings (SSSR count). The van der Waals surface area contributed by atoms with Crippen molar-refractivity contribution in [2.45, 2.75) is 52.0 Å². The van der Waals surface area contributed by atoms with E-state index in [1.165, 1.54) is 26.4 Å². The Bertz CT molecular complexity index is 835. The SMILES string of the molecule is COc1cc(Cl)c(C)cc1NC(=O)c1cc(NC2CCCCC2)nc(C)n1. The molecule has 1 aliphatic carbocycles. The van der Waals surface area contributed by atoms with E-state index in [2.05, 4.69) is 20.6 Å². The van der Waals surface area contributed by atoms with Crippen LogP contribution < -0.4 is 15.4 Å². The molecule has 27 heavy (non-hydrogen) atoms.